The van der Waals surface area contributed by atoms with Crippen LogP contribution in [-0.4, -0.2) is 14.5 Å². The standard InChI is InChI=1S/C9H7.C4H4N.C2H6Si.3CH3.2ClH.Ti/c1-2-5-9-7-3-6-8(9)4-1;1-2-4-5-3-1;1-3-2;;;;;;/h1-7H;1-3,5H;1-2H3;3*1H3;2*1H;/q2*-1;;3*-1;;;. The molecule has 0 aliphatic carbocycles. The van der Waals surface area contributed by atoms with Crippen LogP contribution in [0.25, 0.3) is 10.8 Å². The molecule has 0 fully saturated rings. The van der Waals surface area contributed by atoms with Gasteiger partial charge < -0.3 is 27.3 Å². The summed E-state index contributed by atoms with van der Waals surface area (Å²) in [6, 6.07) is 18.4. The second-order valence-corrected chi connectivity index (χ2v) is 4.47. The number of H-pyrrole nitrogens is 1. The van der Waals surface area contributed by atoms with Gasteiger partial charge in [0.15, 0.2) is 0 Å². The molecule has 23 heavy (non-hydrogen) atoms. The molecule has 1 nitrogen and oxygen atoms in total. The van der Waals surface area contributed by atoms with E-state index in [4.69, 9.17) is 0 Å². The molecule has 0 amide bonds. The van der Waals surface area contributed by atoms with Crippen LogP contribution in [0.4, 0.5) is 0 Å². The Bertz CT molecular complexity index is 451. The molecule has 5 heteroatoms. The number of halogens is 2. The zero-order valence-electron chi connectivity index (χ0n) is 14.6. The molecule has 0 bridgehead atoms. The third-order valence-corrected chi connectivity index (χ3v) is 1.99. The van der Waals surface area contributed by atoms with Crippen LogP contribution in [0.15, 0.2) is 60.8 Å². The molecule has 0 atom stereocenters. The summed E-state index contributed by atoms with van der Waals surface area (Å²) >= 11 is 0. The van der Waals surface area contributed by atoms with Gasteiger partial charge in [-0.3, -0.25) is 0 Å². The second-order valence-electron chi connectivity index (χ2n) is 3.47. The Morgan fingerprint density at radius 1 is 0.957 bits per heavy atom. The molecular formula is C18H28Cl2NSiTi-5. The molecule has 0 aliphatic heterocycles. The number of aromatic nitrogens is 1. The Morgan fingerprint density at radius 3 is 1.91 bits per heavy atom. The van der Waals surface area contributed by atoms with E-state index in [1.807, 2.05) is 18.3 Å². The molecule has 132 valence electrons. The normalized spacial score (nSPS) is 6.52. The minimum Gasteiger partial charge on any atom is -0.484 e. The number of fused-ring (bicyclic) bond motifs is 1. The Labute approximate surface area is 173 Å². The van der Waals surface area contributed by atoms with Crippen LogP contribution in [0.2, 0.25) is 13.1 Å². The average molecular weight is 405 g/mol. The SMILES string of the molecule is C[Si]C.Cl.Cl.[CH3-].[CH3-].[CH3-].[Ti].[c-]1ccc[nH]1.c1ccc2[cH-]ccc2c1. The summed E-state index contributed by atoms with van der Waals surface area (Å²) in [6.45, 7) is 4.31. The van der Waals surface area contributed by atoms with Gasteiger partial charge in [-0.25, -0.2) is 0 Å². The van der Waals surface area contributed by atoms with Crippen molar-refractivity contribution in [2.75, 3.05) is 0 Å². The van der Waals surface area contributed by atoms with Gasteiger partial charge in [-0.1, -0.05) is 19.2 Å². The van der Waals surface area contributed by atoms with E-state index in [-0.39, 0.29) is 68.8 Å². The Morgan fingerprint density at radius 2 is 1.52 bits per heavy atom. The van der Waals surface area contributed by atoms with E-state index in [9.17, 15) is 0 Å². The number of aromatic amines is 1. The van der Waals surface area contributed by atoms with E-state index in [0.717, 1.165) is 9.52 Å². The molecular weight excluding hydrogens is 377 g/mol. The van der Waals surface area contributed by atoms with Gasteiger partial charge in [-0.2, -0.15) is 35.8 Å². The zero-order chi connectivity index (χ0) is 12.3. The van der Waals surface area contributed by atoms with E-state index in [0.29, 0.717) is 0 Å². The fraction of sp³-hybridized carbons (Fsp3) is 0.111. The number of benzene rings is 1. The molecule has 1 heterocycles. The summed E-state index contributed by atoms with van der Waals surface area (Å²) in [5.74, 6) is 0. The predicted octanol–water partition coefficient (Wildman–Crippen LogP) is 6.35. The molecule has 0 aliphatic rings. The van der Waals surface area contributed by atoms with Crippen LogP contribution in [0.3, 0.4) is 0 Å². The van der Waals surface area contributed by atoms with E-state index in [1.54, 1.807) is 0 Å². The predicted molar refractivity (Wildman–Crippen MR) is 110 cm³/mol. The van der Waals surface area contributed by atoms with Gasteiger partial charge in [0.25, 0.3) is 0 Å². The van der Waals surface area contributed by atoms with Crippen molar-refractivity contribution in [3.63, 3.8) is 0 Å². The van der Waals surface area contributed by atoms with Crippen LogP contribution in [0, 0.1) is 28.5 Å². The van der Waals surface area contributed by atoms with Gasteiger partial charge >= 0.3 is 0 Å². The largest absolute Gasteiger partial charge is 0.484 e. The smallest absolute Gasteiger partial charge is 0.0307 e. The maximum Gasteiger partial charge on any atom is 0.0307 e. The van der Waals surface area contributed by atoms with E-state index in [2.05, 4.69) is 66.7 Å². The van der Waals surface area contributed by atoms with Gasteiger partial charge in [0.1, 0.15) is 0 Å². The molecule has 0 unspecified atom stereocenters. The minimum absolute atomic E-state index is 0. The fourth-order valence-electron chi connectivity index (χ4n) is 1.31. The fourth-order valence-corrected chi connectivity index (χ4v) is 1.31. The molecule has 3 aromatic rings. The van der Waals surface area contributed by atoms with Crippen LogP contribution < -0.4 is 0 Å². The van der Waals surface area contributed by atoms with Gasteiger partial charge in [0, 0.05) is 31.2 Å². The summed E-state index contributed by atoms with van der Waals surface area (Å²) in [7, 11) is 1.08. The number of rotatable bonds is 0. The van der Waals surface area contributed by atoms with Crippen molar-refractivity contribution in [1.82, 2.24) is 4.98 Å². The van der Waals surface area contributed by atoms with Crippen LogP contribution >= 0.6 is 24.8 Å². The van der Waals surface area contributed by atoms with Crippen molar-refractivity contribution >= 4 is 45.1 Å². The van der Waals surface area contributed by atoms with E-state index >= 15 is 0 Å². The van der Waals surface area contributed by atoms with Crippen molar-refractivity contribution in [3.8, 4) is 0 Å². The second kappa shape index (κ2) is 26.5. The minimum atomic E-state index is 0. The Hall–Kier alpha value is -0.379. The summed E-state index contributed by atoms with van der Waals surface area (Å²) in [4.78, 5) is 2.74. The Balaban J connectivity index is -0.0000000464. The molecule has 1 N–H and O–H groups in total. The van der Waals surface area contributed by atoms with Crippen molar-refractivity contribution in [3.05, 3.63) is 89.3 Å². The zero-order valence-corrected chi connectivity index (χ0v) is 18.8. The summed E-state index contributed by atoms with van der Waals surface area (Å²) < 4.78 is 0. The molecule has 2 radical (unpaired) electrons. The topological polar surface area (TPSA) is 15.8 Å². The first-order valence-corrected chi connectivity index (χ1v) is 7.57. The molecule has 2 aromatic carbocycles. The van der Waals surface area contributed by atoms with Gasteiger partial charge in [-0.05, 0) is 0 Å². The maximum absolute atomic E-state index is 2.74. The van der Waals surface area contributed by atoms with Crippen molar-refractivity contribution in [2.24, 2.45) is 0 Å². The third-order valence-electron chi connectivity index (χ3n) is 1.99. The number of hydrogen-bond acceptors (Lipinski definition) is 0. The average Bonchev–Trinajstić information content (AvgIpc) is 3.05. The molecule has 0 saturated carbocycles. The molecule has 3 rings (SSSR count). The molecule has 1 aromatic heterocycles. The number of nitrogens with one attached hydrogen (secondary N) is 1. The summed E-state index contributed by atoms with van der Waals surface area (Å²) in [5, 5.41) is 2.66. The third kappa shape index (κ3) is 17.8. The first-order chi connectivity index (χ1) is 8.38. The quantitative estimate of drug-likeness (QED) is 0.331. The molecule has 0 spiro atoms. The van der Waals surface area contributed by atoms with Crippen molar-refractivity contribution in [1.29, 1.82) is 0 Å². The molecule has 0 saturated heterocycles. The van der Waals surface area contributed by atoms with Crippen molar-refractivity contribution < 1.29 is 21.7 Å². The first-order valence-electron chi connectivity index (χ1n) is 5.57. The first kappa shape index (κ1) is 38.3. The number of hydrogen-bond donors (Lipinski definition) is 1. The Kier molecular flexibility index (Phi) is 44.1. The van der Waals surface area contributed by atoms with Crippen LogP contribution in [-0.2, 0) is 21.7 Å². The van der Waals surface area contributed by atoms with Crippen LogP contribution in [0.5, 0.6) is 0 Å². The van der Waals surface area contributed by atoms with Gasteiger partial charge in [-0.15, -0.1) is 60.7 Å². The summed E-state index contributed by atoms with van der Waals surface area (Å²) in [6.07, 6.45) is 4.56. The van der Waals surface area contributed by atoms with E-state index in [1.165, 1.54) is 10.8 Å². The van der Waals surface area contributed by atoms with Gasteiger partial charge in [0.2, 0.25) is 0 Å². The maximum atomic E-state index is 2.74. The monoisotopic (exact) mass is 404 g/mol. The van der Waals surface area contributed by atoms with Crippen LogP contribution in [0.1, 0.15) is 0 Å². The van der Waals surface area contributed by atoms with E-state index < -0.39 is 0 Å². The summed E-state index contributed by atoms with van der Waals surface area (Å²) in [5.41, 5.74) is 0. The van der Waals surface area contributed by atoms with Crippen molar-refractivity contribution in [2.45, 2.75) is 13.1 Å². The van der Waals surface area contributed by atoms with Gasteiger partial charge in [0.05, 0.1) is 0 Å².